The van der Waals surface area contributed by atoms with Gasteiger partial charge in [-0.1, -0.05) is 70.2 Å². The number of hydrogen-bond acceptors (Lipinski definition) is 15. The van der Waals surface area contributed by atoms with E-state index >= 15 is 0 Å². The molecule has 2 aromatic carbocycles. The number of carboxylic acids is 1. The normalized spacial score (nSPS) is 21.3. The summed E-state index contributed by atoms with van der Waals surface area (Å²) in [4.78, 5) is 106. The molecule has 7 amide bonds. The van der Waals surface area contributed by atoms with Crippen molar-refractivity contribution in [2.75, 3.05) is 6.61 Å². The van der Waals surface area contributed by atoms with Crippen molar-refractivity contribution in [1.29, 1.82) is 0 Å². The van der Waals surface area contributed by atoms with Gasteiger partial charge in [0.2, 0.25) is 41.4 Å². The van der Waals surface area contributed by atoms with Crippen LogP contribution in [0.1, 0.15) is 58.6 Å². The number of phenolic OH excluding ortho intramolecular Hbond substituents is 1. The number of carboxylic acid groups (broad SMARTS) is 1. The summed E-state index contributed by atoms with van der Waals surface area (Å²) in [6.07, 6.45) is -9.42. The van der Waals surface area contributed by atoms with Gasteiger partial charge in [-0.05, 0) is 48.4 Å². The van der Waals surface area contributed by atoms with E-state index in [0.717, 1.165) is 0 Å². The minimum absolute atomic E-state index is 0.0229. The van der Waals surface area contributed by atoms with E-state index in [1.807, 2.05) is 0 Å². The van der Waals surface area contributed by atoms with Crippen molar-refractivity contribution in [3.8, 4) is 5.75 Å². The van der Waals surface area contributed by atoms with Crippen LogP contribution < -0.4 is 43.4 Å². The SMILES string of the molecule is CC(C)[C@H](NC(=O)[C@H](CC(=O)O)NC(=O)[C@H](Cc1ccccc1)NC(=O)[C@@H](C)NC(=O)[C@@H](N)Cc1ccc(O)cc1)C(=O)N[C@H](C(=O)NC(C[C@H]1O[C@H](CO)[C@H](O)[C@H](O)[C@H]1O)C(N)=O)C(C)C. The number of benzene rings is 2. The zero-order valence-corrected chi connectivity index (χ0v) is 37.8. The molecule has 67 heavy (non-hydrogen) atoms. The first-order valence-electron chi connectivity index (χ1n) is 21.6. The first-order valence-corrected chi connectivity index (χ1v) is 21.6. The van der Waals surface area contributed by atoms with Crippen molar-refractivity contribution in [1.82, 2.24) is 31.9 Å². The van der Waals surface area contributed by atoms with Crippen LogP contribution in [0.2, 0.25) is 0 Å². The summed E-state index contributed by atoms with van der Waals surface area (Å²) in [7, 11) is 0. The summed E-state index contributed by atoms with van der Waals surface area (Å²) in [6.45, 7) is 6.78. The number of nitrogens with two attached hydrogens (primary N) is 2. The fraction of sp³-hybridized carbons (Fsp3) is 0.545. The molecule has 1 aliphatic rings. The van der Waals surface area contributed by atoms with Crippen LogP contribution in [0.4, 0.5) is 0 Å². The molecular weight excluding hydrogens is 881 g/mol. The van der Waals surface area contributed by atoms with E-state index in [0.29, 0.717) is 11.1 Å². The van der Waals surface area contributed by atoms with Crippen molar-refractivity contribution in [3.63, 3.8) is 0 Å². The summed E-state index contributed by atoms with van der Waals surface area (Å²) in [5.41, 5.74) is 12.8. The number of aromatic hydroxyl groups is 1. The van der Waals surface area contributed by atoms with Crippen molar-refractivity contribution in [2.45, 2.75) is 133 Å². The Hall–Kier alpha value is -6.24. The average molecular weight is 945 g/mol. The number of carbonyl (C=O) groups excluding carboxylic acids is 7. The summed E-state index contributed by atoms with van der Waals surface area (Å²) < 4.78 is 5.45. The predicted octanol–water partition coefficient (Wildman–Crippen LogP) is -4.06. The highest BCUT2D eigenvalue weighted by atomic mass is 16.5. The third-order valence-corrected chi connectivity index (χ3v) is 11.0. The number of primary amides is 1. The lowest BCUT2D eigenvalue weighted by Gasteiger charge is -2.41. The van der Waals surface area contributed by atoms with Crippen molar-refractivity contribution < 1.29 is 73.7 Å². The number of amides is 7. The van der Waals surface area contributed by atoms with Gasteiger partial charge in [-0.3, -0.25) is 38.4 Å². The molecule has 370 valence electrons. The maximum atomic E-state index is 13.9. The molecule has 0 aromatic heterocycles. The second kappa shape index (κ2) is 25.6. The van der Waals surface area contributed by atoms with E-state index in [1.54, 1.807) is 56.3 Å². The largest absolute Gasteiger partial charge is 0.508 e. The topological polar surface area (TPSA) is 391 Å². The predicted molar refractivity (Wildman–Crippen MR) is 237 cm³/mol. The number of hydrogen-bond donors (Lipinski definition) is 14. The van der Waals surface area contributed by atoms with Crippen LogP contribution in [0.5, 0.6) is 5.75 Å². The Labute approximate surface area is 386 Å². The Morgan fingerprint density at radius 1 is 0.597 bits per heavy atom. The molecular formula is C44H64N8O15. The van der Waals surface area contributed by atoms with Crippen molar-refractivity contribution in [2.24, 2.45) is 23.3 Å². The highest BCUT2D eigenvalue weighted by Crippen LogP contribution is 2.24. The van der Waals surface area contributed by atoms with Crippen LogP contribution in [0.25, 0.3) is 0 Å². The fourth-order valence-electron chi connectivity index (χ4n) is 7.06. The van der Waals surface area contributed by atoms with Gasteiger partial charge < -0.3 is 78.7 Å². The van der Waals surface area contributed by atoms with Gasteiger partial charge in [0, 0.05) is 12.8 Å². The molecule has 23 heteroatoms. The molecule has 0 saturated carbocycles. The first kappa shape index (κ1) is 55.1. The van der Waals surface area contributed by atoms with Gasteiger partial charge in [-0.25, -0.2) is 0 Å². The molecule has 1 heterocycles. The molecule has 1 saturated heterocycles. The summed E-state index contributed by atoms with van der Waals surface area (Å²) >= 11 is 0. The van der Waals surface area contributed by atoms with Crippen molar-refractivity contribution >= 4 is 47.3 Å². The lowest BCUT2D eigenvalue weighted by Crippen LogP contribution is -2.62. The number of carbonyl (C=O) groups is 8. The van der Waals surface area contributed by atoms with Gasteiger partial charge in [-0.15, -0.1) is 0 Å². The van der Waals surface area contributed by atoms with Gasteiger partial charge >= 0.3 is 5.97 Å². The maximum Gasteiger partial charge on any atom is 0.305 e. The smallest absolute Gasteiger partial charge is 0.305 e. The van der Waals surface area contributed by atoms with E-state index < -0.39 is 151 Å². The second-order valence-electron chi connectivity index (χ2n) is 17.1. The molecule has 1 aliphatic heterocycles. The number of nitrogens with one attached hydrogen (secondary N) is 6. The van der Waals surface area contributed by atoms with E-state index in [4.69, 9.17) is 16.2 Å². The van der Waals surface area contributed by atoms with Crippen LogP contribution in [-0.2, 0) is 55.9 Å². The standard InChI is InChI=1S/C44H64N8O15/c1-20(2)33(43(65)48-27(38(46)60)17-30-35(57)37(59)36(58)31(19-53)67-30)52-44(66)34(21(3)4)51-42(64)29(18-32(55)56)50-41(63)28(16-23-9-7-6-8-10-23)49-39(61)22(5)47-40(62)26(45)15-24-11-13-25(54)14-12-24/h6-14,20-22,26-31,33-37,53-54,57-59H,15-19,45H2,1-5H3,(H2,46,60)(H,47,62)(H,48,65)(H,49,61)(H,50,63)(H,51,64)(H,52,66)(H,55,56)/t22-,26+,27?,28+,29+,30-,31-,33+,34+,35+,36+,37-/m1/s1. The van der Waals surface area contributed by atoms with Crippen LogP contribution >= 0.6 is 0 Å². The molecule has 1 fully saturated rings. The number of aliphatic hydroxyl groups excluding tert-OH is 4. The minimum atomic E-state index is -1.81. The monoisotopic (exact) mass is 944 g/mol. The Balaban J connectivity index is 1.76. The molecule has 12 atom stereocenters. The molecule has 23 nitrogen and oxygen atoms in total. The summed E-state index contributed by atoms with van der Waals surface area (Å²) in [5, 5.41) is 74.4. The van der Waals surface area contributed by atoms with E-state index in [9.17, 15) is 69.0 Å². The highest BCUT2D eigenvalue weighted by Gasteiger charge is 2.45. The number of phenols is 1. The Bertz CT molecular complexity index is 2020. The second-order valence-corrected chi connectivity index (χ2v) is 17.1. The molecule has 0 radical (unpaired) electrons. The first-order chi connectivity index (χ1) is 31.4. The van der Waals surface area contributed by atoms with E-state index in [1.165, 1.54) is 32.9 Å². The third-order valence-electron chi connectivity index (χ3n) is 11.0. The van der Waals surface area contributed by atoms with E-state index in [-0.39, 0.29) is 18.6 Å². The lowest BCUT2D eigenvalue weighted by molar-refractivity contribution is -0.231. The average Bonchev–Trinajstić information content (AvgIpc) is 3.26. The molecule has 0 aliphatic carbocycles. The van der Waals surface area contributed by atoms with Gasteiger partial charge in [0.25, 0.3) is 0 Å². The van der Waals surface area contributed by atoms with Gasteiger partial charge in [0.05, 0.1) is 25.2 Å². The Morgan fingerprint density at radius 3 is 1.63 bits per heavy atom. The summed E-state index contributed by atoms with van der Waals surface area (Å²) in [6, 6.07) is 4.47. The number of aliphatic carboxylic acids is 1. The molecule has 0 spiro atoms. The maximum absolute atomic E-state index is 13.9. The Morgan fingerprint density at radius 2 is 1.09 bits per heavy atom. The molecule has 3 rings (SSSR count). The quantitative estimate of drug-likeness (QED) is 0.0476. The Kier molecular flexibility index (Phi) is 21.1. The van der Waals surface area contributed by atoms with Crippen LogP contribution in [0.3, 0.4) is 0 Å². The zero-order valence-electron chi connectivity index (χ0n) is 37.8. The number of ether oxygens (including phenoxy) is 1. The van der Waals surface area contributed by atoms with Crippen LogP contribution in [-0.4, -0.2) is 157 Å². The molecule has 16 N–H and O–H groups in total. The zero-order chi connectivity index (χ0) is 50.3. The van der Waals surface area contributed by atoms with E-state index in [2.05, 4.69) is 31.9 Å². The summed E-state index contributed by atoms with van der Waals surface area (Å²) in [5.74, 6) is -9.42. The van der Waals surface area contributed by atoms with Crippen molar-refractivity contribution in [3.05, 3.63) is 65.7 Å². The third kappa shape index (κ3) is 16.5. The fourth-order valence-corrected chi connectivity index (χ4v) is 7.06. The highest BCUT2D eigenvalue weighted by molar-refractivity contribution is 5.98. The minimum Gasteiger partial charge on any atom is -0.508 e. The van der Waals surface area contributed by atoms with Crippen LogP contribution in [0.15, 0.2) is 54.6 Å². The molecule has 2 aromatic rings. The molecule has 1 unspecified atom stereocenters. The molecule has 0 bridgehead atoms. The van der Waals surface area contributed by atoms with Gasteiger partial charge in [0.1, 0.15) is 66.4 Å². The number of aliphatic hydroxyl groups is 4. The number of rotatable bonds is 24. The van der Waals surface area contributed by atoms with Gasteiger partial charge in [0.15, 0.2) is 0 Å². The van der Waals surface area contributed by atoms with Crippen LogP contribution in [0, 0.1) is 11.8 Å². The van der Waals surface area contributed by atoms with Gasteiger partial charge in [-0.2, -0.15) is 0 Å². The lowest BCUT2D eigenvalue weighted by atomic mass is 9.91.